The third-order valence-corrected chi connectivity index (χ3v) is 7.84. The van der Waals surface area contributed by atoms with Crippen LogP contribution in [0.1, 0.15) is 79.6 Å². The van der Waals surface area contributed by atoms with E-state index in [0.717, 1.165) is 6.92 Å². The second-order valence-electron chi connectivity index (χ2n) is 13.6. The van der Waals surface area contributed by atoms with Crippen LogP contribution in [-0.4, -0.2) is 153 Å². The van der Waals surface area contributed by atoms with Crippen LogP contribution in [-0.2, 0) is 52.7 Å². The summed E-state index contributed by atoms with van der Waals surface area (Å²) in [5.74, 6) is -12.9. The summed E-state index contributed by atoms with van der Waals surface area (Å²) in [5, 5.41) is 53.4. The quantitative estimate of drug-likeness (QED) is 0.0368. The lowest BCUT2D eigenvalue weighted by Gasteiger charge is -2.30. The summed E-state index contributed by atoms with van der Waals surface area (Å²) in [4.78, 5) is 138. The smallest absolute Gasteiger partial charge is 0.347 e. The van der Waals surface area contributed by atoms with Crippen molar-refractivity contribution in [3.05, 3.63) is 0 Å². The molecule has 0 heterocycles. The number of hydrogen-bond donors (Lipinski definition) is 12. The second kappa shape index (κ2) is 24.7. The normalized spacial score (nSPS) is 14.2. The first-order valence-corrected chi connectivity index (χ1v) is 17.7. The number of rotatable bonds is 26. The number of aliphatic carboxylic acids is 4. The Kier molecular flexibility index (Phi) is 22.2. The van der Waals surface area contributed by atoms with Gasteiger partial charge < -0.3 is 63.4 Å². The molecule has 0 bridgehead atoms. The standard InChI is InChI=1S/C33H55N9O15/c1-7-22(44)42(16(2)43)21(14-34)31(55)36-15-20(38-29(53)19(10-13-25(49)50)41-33(3,4)5)30(54)37-18(9-12-24(47)48)28(52)40-26(32(56)57)39-27(51)17(35-6)8-11-23(45)46/h17-21,26,35,41H,7-15,34H2,1-6H3,(H,36,55)(H,37,54)(H,38,53)(H,39,51)(H,40,52)(H,45,46)(H,47,48)(H,49,50)(H,56,57)/t17-,18-,19-,20-,21-,26-/m0/s1. The lowest BCUT2D eigenvalue weighted by molar-refractivity contribution is -0.150. The first-order valence-electron chi connectivity index (χ1n) is 17.7. The van der Waals surface area contributed by atoms with E-state index >= 15 is 0 Å². The molecule has 0 saturated carbocycles. The molecule has 0 spiro atoms. The van der Waals surface area contributed by atoms with E-state index in [1.807, 2.05) is 10.6 Å². The summed E-state index contributed by atoms with van der Waals surface area (Å²) in [6, 6.07) is -7.72. The number of hydrogen-bond acceptors (Lipinski definition) is 14. The molecule has 0 aliphatic carbocycles. The zero-order valence-electron chi connectivity index (χ0n) is 32.6. The minimum atomic E-state index is -2.17. The Morgan fingerprint density at radius 1 is 0.632 bits per heavy atom. The van der Waals surface area contributed by atoms with Crippen LogP contribution < -0.4 is 43.0 Å². The van der Waals surface area contributed by atoms with E-state index in [4.69, 9.17) is 10.8 Å². The van der Waals surface area contributed by atoms with Gasteiger partial charge >= 0.3 is 23.9 Å². The van der Waals surface area contributed by atoms with Gasteiger partial charge in [0.1, 0.15) is 18.1 Å². The van der Waals surface area contributed by atoms with Crippen molar-refractivity contribution in [1.82, 2.24) is 42.1 Å². The molecule has 0 aliphatic heterocycles. The van der Waals surface area contributed by atoms with Crippen LogP contribution in [0.4, 0.5) is 0 Å². The third kappa shape index (κ3) is 19.6. The lowest BCUT2D eigenvalue weighted by Crippen LogP contribution is -2.63. The largest absolute Gasteiger partial charge is 0.481 e. The fraction of sp³-hybridized carbons (Fsp3) is 0.667. The second-order valence-corrected chi connectivity index (χ2v) is 13.6. The van der Waals surface area contributed by atoms with Crippen molar-refractivity contribution in [3.63, 3.8) is 0 Å². The Morgan fingerprint density at radius 2 is 1.05 bits per heavy atom. The van der Waals surface area contributed by atoms with Gasteiger partial charge in [-0.1, -0.05) is 6.92 Å². The van der Waals surface area contributed by atoms with E-state index < -0.39 is 146 Å². The predicted molar refractivity (Wildman–Crippen MR) is 195 cm³/mol. The van der Waals surface area contributed by atoms with Gasteiger partial charge in [0.25, 0.3) is 0 Å². The van der Waals surface area contributed by atoms with Crippen molar-refractivity contribution < 1.29 is 73.2 Å². The number of carbonyl (C=O) groups is 11. The predicted octanol–water partition coefficient (Wildman–Crippen LogP) is -4.23. The number of carboxylic acids is 4. The van der Waals surface area contributed by atoms with Gasteiger partial charge in [0.2, 0.25) is 47.5 Å². The maximum Gasteiger partial charge on any atom is 0.347 e. The SMILES string of the molecule is CCC(=O)N(C(C)=O)[C@@H](CN)C(=O)NC[C@H](NC(=O)[C@H](CCC(=O)O)NC(C)(C)C)C(=O)N[C@@H](CCC(=O)O)C(=O)N[C@H](NC(=O)[C@H](CCC(=O)O)NC)C(=O)O. The monoisotopic (exact) mass is 817 g/mol. The molecule has 0 aromatic heterocycles. The minimum Gasteiger partial charge on any atom is -0.481 e. The number of likely N-dealkylation sites (N-methyl/N-ethyl adjacent to an activating group) is 1. The van der Waals surface area contributed by atoms with Crippen molar-refractivity contribution in [1.29, 1.82) is 0 Å². The van der Waals surface area contributed by atoms with Crippen LogP contribution in [0.25, 0.3) is 0 Å². The highest BCUT2D eigenvalue weighted by atomic mass is 16.4. The number of imide groups is 1. The molecular weight excluding hydrogens is 762 g/mol. The van der Waals surface area contributed by atoms with Crippen molar-refractivity contribution in [2.45, 2.75) is 121 Å². The summed E-state index contributed by atoms with van der Waals surface area (Å²) in [6.45, 7) is 6.08. The number of carboxylic acid groups (broad SMARTS) is 4. The van der Waals surface area contributed by atoms with Crippen molar-refractivity contribution in [3.8, 4) is 0 Å². The molecule has 0 aromatic carbocycles. The zero-order chi connectivity index (χ0) is 44.2. The topological polar surface area (TPSA) is 382 Å². The van der Waals surface area contributed by atoms with Crippen LogP contribution >= 0.6 is 0 Å². The van der Waals surface area contributed by atoms with E-state index in [0.29, 0.717) is 4.90 Å². The molecule has 7 amide bonds. The van der Waals surface area contributed by atoms with Gasteiger partial charge in [-0.3, -0.25) is 52.8 Å². The van der Waals surface area contributed by atoms with E-state index in [1.54, 1.807) is 20.8 Å². The molecule has 0 aromatic rings. The first-order chi connectivity index (χ1) is 26.4. The van der Waals surface area contributed by atoms with Crippen LogP contribution in [0.15, 0.2) is 0 Å². The molecular formula is C33H55N9O15. The lowest BCUT2D eigenvalue weighted by atomic mass is 10.0. The number of nitrogens with one attached hydrogen (secondary N) is 7. The summed E-state index contributed by atoms with van der Waals surface area (Å²) in [6.07, 6.45) is -5.32. The van der Waals surface area contributed by atoms with Gasteiger partial charge in [0.05, 0.1) is 12.1 Å². The van der Waals surface area contributed by atoms with E-state index in [-0.39, 0.29) is 19.3 Å². The molecule has 0 saturated heterocycles. The minimum absolute atomic E-state index is 0.185. The Morgan fingerprint density at radius 3 is 1.46 bits per heavy atom. The number of carbonyl (C=O) groups excluding carboxylic acids is 7. The molecule has 6 atom stereocenters. The molecule has 24 heteroatoms. The fourth-order valence-corrected chi connectivity index (χ4v) is 5.06. The Balaban J connectivity index is 6.72. The van der Waals surface area contributed by atoms with Crippen molar-refractivity contribution in [2.75, 3.05) is 20.1 Å². The van der Waals surface area contributed by atoms with Crippen molar-refractivity contribution in [2.24, 2.45) is 5.73 Å². The van der Waals surface area contributed by atoms with Gasteiger partial charge in [0, 0.05) is 51.2 Å². The summed E-state index contributed by atoms with van der Waals surface area (Å²) < 4.78 is 0. The van der Waals surface area contributed by atoms with Crippen LogP contribution in [0.3, 0.4) is 0 Å². The molecule has 0 radical (unpaired) electrons. The van der Waals surface area contributed by atoms with Crippen LogP contribution in [0.2, 0.25) is 0 Å². The third-order valence-electron chi connectivity index (χ3n) is 7.84. The number of nitrogens with two attached hydrogens (primary N) is 1. The van der Waals surface area contributed by atoms with E-state index in [2.05, 4.69) is 26.6 Å². The summed E-state index contributed by atoms with van der Waals surface area (Å²) in [5.41, 5.74) is 4.93. The van der Waals surface area contributed by atoms with E-state index in [9.17, 15) is 68.1 Å². The maximum atomic E-state index is 13.8. The molecule has 0 rings (SSSR count). The average Bonchev–Trinajstić information content (AvgIpc) is 3.10. The highest BCUT2D eigenvalue weighted by Crippen LogP contribution is 2.09. The fourth-order valence-electron chi connectivity index (χ4n) is 5.06. The Labute approximate surface area is 327 Å². The van der Waals surface area contributed by atoms with Crippen LogP contribution in [0.5, 0.6) is 0 Å². The highest BCUT2D eigenvalue weighted by molar-refractivity contribution is 6.00. The Bertz CT molecular complexity index is 1500. The average molecular weight is 818 g/mol. The van der Waals surface area contributed by atoms with Gasteiger partial charge in [0.15, 0.2) is 0 Å². The zero-order valence-corrected chi connectivity index (χ0v) is 32.6. The molecule has 24 nitrogen and oxygen atoms in total. The molecule has 322 valence electrons. The first kappa shape index (κ1) is 51.2. The Hall–Kier alpha value is -5.75. The van der Waals surface area contributed by atoms with Gasteiger partial charge in [-0.25, -0.2) is 4.79 Å². The molecule has 13 N–H and O–H groups in total. The van der Waals surface area contributed by atoms with Crippen LogP contribution in [0, 0.1) is 0 Å². The summed E-state index contributed by atoms with van der Waals surface area (Å²) >= 11 is 0. The van der Waals surface area contributed by atoms with Gasteiger partial charge in [-0.2, -0.15) is 0 Å². The summed E-state index contributed by atoms with van der Waals surface area (Å²) in [7, 11) is 1.29. The molecule has 0 aliphatic rings. The van der Waals surface area contributed by atoms with Crippen molar-refractivity contribution >= 4 is 65.2 Å². The number of amides is 7. The van der Waals surface area contributed by atoms with E-state index in [1.165, 1.54) is 14.0 Å². The molecule has 0 unspecified atom stereocenters. The molecule has 0 fully saturated rings. The van der Waals surface area contributed by atoms with Gasteiger partial charge in [-0.15, -0.1) is 0 Å². The number of nitrogens with zero attached hydrogens (tertiary/aromatic N) is 1. The molecule has 57 heavy (non-hydrogen) atoms. The van der Waals surface area contributed by atoms with Gasteiger partial charge in [-0.05, 0) is 47.1 Å². The maximum absolute atomic E-state index is 13.8. The highest BCUT2D eigenvalue weighted by Gasteiger charge is 2.35.